The monoisotopic (exact) mass is 252 g/mol. The lowest BCUT2D eigenvalue weighted by Crippen LogP contribution is -2.27. The molecule has 104 valence electrons. The molecule has 0 bridgehead atoms. The van der Waals surface area contributed by atoms with E-state index in [0.29, 0.717) is 17.9 Å². The van der Waals surface area contributed by atoms with E-state index >= 15 is 0 Å². The van der Waals surface area contributed by atoms with Crippen LogP contribution in [-0.2, 0) is 0 Å². The Bertz CT molecular complexity index is 379. The SMILES string of the molecule is Cc1nn(C(C)C)c(C)c1NCC(CN)C(C)C. The van der Waals surface area contributed by atoms with Crippen molar-refractivity contribution >= 4 is 5.69 Å². The molecule has 18 heavy (non-hydrogen) atoms. The van der Waals surface area contributed by atoms with Gasteiger partial charge in [0, 0.05) is 12.6 Å². The van der Waals surface area contributed by atoms with Crippen LogP contribution >= 0.6 is 0 Å². The van der Waals surface area contributed by atoms with E-state index in [1.807, 2.05) is 0 Å². The van der Waals surface area contributed by atoms with Crippen LogP contribution in [0, 0.1) is 25.7 Å². The van der Waals surface area contributed by atoms with Crippen molar-refractivity contribution in [2.45, 2.75) is 47.6 Å². The van der Waals surface area contributed by atoms with Crippen LogP contribution in [-0.4, -0.2) is 22.9 Å². The molecular formula is C14H28N4. The van der Waals surface area contributed by atoms with Gasteiger partial charge in [0.05, 0.1) is 17.1 Å². The Morgan fingerprint density at radius 3 is 2.22 bits per heavy atom. The zero-order valence-electron chi connectivity index (χ0n) is 12.6. The van der Waals surface area contributed by atoms with Crippen LogP contribution < -0.4 is 11.1 Å². The summed E-state index contributed by atoms with van der Waals surface area (Å²) in [4.78, 5) is 0. The molecule has 0 fully saturated rings. The van der Waals surface area contributed by atoms with E-state index in [9.17, 15) is 0 Å². The van der Waals surface area contributed by atoms with Gasteiger partial charge in [-0.2, -0.15) is 5.10 Å². The van der Waals surface area contributed by atoms with Crippen LogP contribution in [0.1, 0.15) is 45.1 Å². The quantitative estimate of drug-likeness (QED) is 0.818. The molecule has 1 heterocycles. The van der Waals surface area contributed by atoms with E-state index in [1.165, 1.54) is 11.4 Å². The molecule has 0 aliphatic carbocycles. The van der Waals surface area contributed by atoms with Crippen molar-refractivity contribution < 1.29 is 0 Å². The van der Waals surface area contributed by atoms with Gasteiger partial charge in [-0.05, 0) is 46.1 Å². The second-order valence-electron chi connectivity index (χ2n) is 5.70. The first-order chi connectivity index (χ1) is 8.38. The maximum atomic E-state index is 5.81. The Kier molecular flexibility index (Phi) is 5.20. The Morgan fingerprint density at radius 1 is 1.22 bits per heavy atom. The van der Waals surface area contributed by atoms with Crippen molar-refractivity contribution in [3.8, 4) is 0 Å². The van der Waals surface area contributed by atoms with E-state index in [2.05, 4.69) is 56.6 Å². The van der Waals surface area contributed by atoms with E-state index in [0.717, 1.165) is 18.8 Å². The molecule has 1 unspecified atom stereocenters. The van der Waals surface area contributed by atoms with Gasteiger partial charge < -0.3 is 11.1 Å². The smallest absolute Gasteiger partial charge is 0.0828 e. The summed E-state index contributed by atoms with van der Waals surface area (Å²) in [5.41, 5.74) is 9.26. The molecule has 0 amide bonds. The van der Waals surface area contributed by atoms with E-state index < -0.39 is 0 Å². The molecule has 0 saturated heterocycles. The lowest BCUT2D eigenvalue weighted by molar-refractivity contribution is 0.413. The first-order valence-electron chi connectivity index (χ1n) is 6.88. The van der Waals surface area contributed by atoms with E-state index in [1.54, 1.807) is 0 Å². The molecule has 3 N–H and O–H groups in total. The summed E-state index contributed by atoms with van der Waals surface area (Å²) in [6, 6.07) is 0.398. The number of aromatic nitrogens is 2. The van der Waals surface area contributed by atoms with Gasteiger partial charge in [0.25, 0.3) is 0 Å². The van der Waals surface area contributed by atoms with Gasteiger partial charge in [-0.25, -0.2) is 0 Å². The third-order valence-electron chi connectivity index (χ3n) is 3.60. The molecule has 1 atom stereocenters. The van der Waals surface area contributed by atoms with Crippen LogP contribution in [0.25, 0.3) is 0 Å². The van der Waals surface area contributed by atoms with Gasteiger partial charge >= 0.3 is 0 Å². The summed E-state index contributed by atoms with van der Waals surface area (Å²) < 4.78 is 2.07. The number of rotatable bonds is 6. The van der Waals surface area contributed by atoms with E-state index in [4.69, 9.17) is 5.73 Å². The number of nitrogens with one attached hydrogen (secondary N) is 1. The van der Waals surface area contributed by atoms with Crippen LogP contribution in [0.4, 0.5) is 5.69 Å². The van der Waals surface area contributed by atoms with Crippen molar-refractivity contribution in [2.24, 2.45) is 17.6 Å². The summed E-state index contributed by atoms with van der Waals surface area (Å²) in [5, 5.41) is 8.11. The average Bonchev–Trinajstić information content (AvgIpc) is 2.56. The maximum absolute atomic E-state index is 5.81. The van der Waals surface area contributed by atoms with Crippen molar-refractivity contribution in [1.29, 1.82) is 0 Å². The Balaban J connectivity index is 2.79. The highest BCUT2D eigenvalue weighted by atomic mass is 15.3. The molecular weight excluding hydrogens is 224 g/mol. The van der Waals surface area contributed by atoms with Gasteiger partial charge in [0.1, 0.15) is 0 Å². The minimum atomic E-state index is 0.398. The molecule has 1 rings (SSSR count). The number of aryl methyl sites for hydroxylation is 1. The highest BCUT2D eigenvalue weighted by Crippen LogP contribution is 2.23. The van der Waals surface area contributed by atoms with Gasteiger partial charge in [-0.1, -0.05) is 13.8 Å². The minimum Gasteiger partial charge on any atom is -0.382 e. The molecule has 0 aromatic carbocycles. The first-order valence-corrected chi connectivity index (χ1v) is 6.88. The predicted molar refractivity (Wildman–Crippen MR) is 78.0 cm³/mol. The molecule has 0 aliphatic rings. The van der Waals surface area contributed by atoms with Crippen LogP contribution in [0.5, 0.6) is 0 Å². The maximum Gasteiger partial charge on any atom is 0.0828 e. The molecule has 0 radical (unpaired) electrons. The number of hydrogen-bond acceptors (Lipinski definition) is 3. The van der Waals surface area contributed by atoms with Crippen LogP contribution in [0.3, 0.4) is 0 Å². The van der Waals surface area contributed by atoms with Crippen molar-refractivity contribution in [3.63, 3.8) is 0 Å². The molecule has 1 aromatic heterocycles. The van der Waals surface area contributed by atoms with Gasteiger partial charge in [-0.3, -0.25) is 4.68 Å². The van der Waals surface area contributed by atoms with E-state index in [-0.39, 0.29) is 0 Å². The highest BCUT2D eigenvalue weighted by Gasteiger charge is 2.16. The number of nitrogens with two attached hydrogens (primary N) is 1. The standard InChI is InChI=1S/C14H28N4/c1-9(2)13(7-15)8-16-14-11(5)17-18(10(3)4)12(14)6/h9-10,13,16H,7-8,15H2,1-6H3. The van der Waals surface area contributed by atoms with Gasteiger partial charge in [0.15, 0.2) is 0 Å². The molecule has 1 aromatic rings. The van der Waals surface area contributed by atoms with Crippen molar-refractivity contribution in [2.75, 3.05) is 18.4 Å². The lowest BCUT2D eigenvalue weighted by Gasteiger charge is -2.20. The summed E-state index contributed by atoms with van der Waals surface area (Å²) in [5.74, 6) is 1.11. The first kappa shape index (κ1) is 15.0. The molecule has 4 heteroatoms. The summed E-state index contributed by atoms with van der Waals surface area (Å²) >= 11 is 0. The predicted octanol–water partition coefficient (Wildman–Crippen LogP) is 2.72. The molecule has 4 nitrogen and oxygen atoms in total. The second kappa shape index (κ2) is 6.23. The lowest BCUT2D eigenvalue weighted by atomic mass is 9.96. The Morgan fingerprint density at radius 2 is 1.83 bits per heavy atom. The summed E-state index contributed by atoms with van der Waals surface area (Å²) in [7, 11) is 0. The molecule has 0 saturated carbocycles. The number of nitrogens with zero attached hydrogens (tertiary/aromatic N) is 2. The van der Waals surface area contributed by atoms with Crippen LogP contribution in [0.2, 0.25) is 0 Å². The zero-order valence-corrected chi connectivity index (χ0v) is 12.6. The fourth-order valence-corrected chi connectivity index (χ4v) is 2.25. The Hall–Kier alpha value is -1.03. The summed E-state index contributed by atoms with van der Waals surface area (Å²) in [6.07, 6.45) is 0. The van der Waals surface area contributed by atoms with Crippen LogP contribution in [0.15, 0.2) is 0 Å². The number of anilines is 1. The molecule has 0 aliphatic heterocycles. The van der Waals surface area contributed by atoms with Crippen molar-refractivity contribution in [3.05, 3.63) is 11.4 Å². The third kappa shape index (κ3) is 3.25. The fourth-order valence-electron chi connectivity index (χ4n) is 2.25. The fraction of sp³-hybridized carbons (Fsp3) is 0.786. The van der Waals surface area contributed by atoms with Gasteiger partial charge in [0.2, 0.25) is 0 Å². The largest absolute Gasteiger partial charge is 0.382 e. The van der Waals surface area contributed by atoms with Gasteiger partial charge in [-0.15, -0.1) is 0 Å². The average molecular weight is 252 g/mol. The topological polar surface area (TPSA) is 55.9 Å². The highest BCUT2D eigenvalue weighted by molar-refractivity contribution is 5.52. The Labute approximate surface area is 111 Å². The number of hydrogen-bond donors (Lipinski definition) is 2. The normalized spacial score (nSPS) is 13.4. The minimum absolute atomic E-state index is 0.398. The second-order valence-corrected chi connectivity index (χ2v) is 5.70. The summed E-state index contributed by atoms with van der Waals surface area (Å²) in [6.45, 7) is 14.6. The third-order valence-corrected chi connectivity index (χ3v) is 3.60. The zero-order chi connectivity index (χ0) is 13.9. The molecule has 0 spiro atoms. The van der Waals surface area contributed by atoms with Crippen molar-refractivity contribution in [1.82, 2.24) is 9.78 Å².